The minimum absolute atomic E-state index is 0. The van der Waals surface area contributed by atoms with Crippen molar-refractivity contribution in [1.29, 1.82) is 0 Å². The SMILES string of the molecule is Cl.NC(=O)c1ccc(Oc2ccc(C(=O)NCC3CNCC3O)cc2)cc1. The monoisotopic (exact) mass is 391 g/mol. The zero-order chi connectivity index (χ0) is 18.5. The molecule has 1 saturated heterocycles. The first-order valence-corrected chi connectivity index (χ1v) is 8.37. The van der Waals surface area contributed by atoms with Crippen LogP contribution in [0, 0.1) is 5.92 Å². The number of nitrogens with one attached hydrogen (secondary N) is 2. The molecule has 5 N–H and O–H groups in total. The summed E-state index contributed by atoms with van der Waals surface area (Å²) < 4.78 is 5.68. The van der Waals surface area contributed by atoms with Gasteiger partial charge in [0.25, 0.3) is 5.91 Å². The van der Waals surface area contributed by atoms with E-state index in [1.807, 2.05) is 0 Å². The number of β-amino-alcohol motifs (C(OH)–C–C–N with tert-alkyl or cyclic N) is 1. The lowest BCUT2D eigenvalue weighted by Crippen LogP contribution is -2.34. The molecule has 7 nitrogen and oxygen atoms in total. The molecule has 3 rings (SSSR count). The predicted octanol–water partition coefficient (Wildman–Crippen LogP) is 1.31. The van der Waals surface area contributed by atoms with Crippen molar-refractivity contribution in [2.24, 2.45) is 11.7 Å². The lowest BCUT2D eigenvalue weighted by Gasteiger charge is -2.14. The van der Waals surface area contributed by atoms with E-state index in [-0.39, 0.29) is 24.2 Å². The van der Waals surface area contributed by atoms with Crippen LogP contribution in [-0.2, 0) is 0 Å². The molecule has 1 aliphatic rings. The largest absolute Gasteiger partial charge is 0.457 e. The normalized spacial score (nSPS) is 18.4. The maximum Gasteiger partial charge on any atom is 0.251 e. The predicted molar refractivity (Wildman–Crippen MR) is 103 cm³/mol. The molecule has 0 aromatic heterocycles. The van der Waals surface area contributed by atoms with E-state index in [2.05, 4.69) is 10.6 Å². The lowest BCUT2D eigenvalue weighted by molar-refractivity contribution is 0.0926. The third kappa shape index (κ3) is 5.43. The smallest absolute Gasteiger partial charge is 0.251 e. The van der Waals surface area contributed by atoms with Crippen LogP contribution in [-0.4, -0.2) is 42.7 Å². The van der Waals surface area contributed by atoms with Crippen LogP contribution < -0.4 is 21.1 Å². The Morgan fingerprint density at radius 3 is 2.07 bits per heavy atom. The van der Waals surface area contributed by atoms with Gasteiger partial charge in [-0.25, -0.2) is 0 Å². The van der Waals surface area contributed by atoms with Gasteiger partial charge in [-0.05, 0) is 48.5 Å². The summed E-state index contributed by atoms with van der Waals surface area (Å²) in [5, 5.41) is 15.7. The number of amides is 2. The van der Waals surface area contributed by atoms with Gasteiger partial charge >= 0.3 is 0 Å². The van der Waals surface area contributed by atoms with Crippen molar-refractivity contribution in [3.8, 4) is 11.5 Å². The molecule has 27 heavy (non-hydrogen) atoms. The Morgan fingerprint density at radius 1 is 1.04 bits per heavy atom. The maximum atomic E-state index is 12.2. The number of hydrogen-bond donors (Lipinski definition) is 4. The van der Waals surface area contributed by atoms with Crippen LogP contribution in [0.5, 0.6) is 11.5 Å². The second kappa shape index (κ2) is 9.36. The summed E-state index contributed by atoms with van der Waals surface area (Å²) in [6.07, 6.45) is -0.424. The van der Waals surface area contributed by atoms with Gasteiger partial charge in [0.15, 0.2) is 0 Å². The van der Waals surface area contributed by atoms with Crippen molar-refractivity contribution in [2.45, 2.75) is 6.10 Å². The Kier molecular flexibility index (Phi) is 7.18. The number of ether oxygens (including phenoxy) is 1. The van der Waals surface area contributed by atoms with Gasteiger partial charge in [-0.15, -0.1) is 12.4 Å². The molecule has 2 unspecified atom stereocenters. The van der Waals surface area contributed by atoms with Crippen molar-refractivity contribution >= 4 is 24.2 Å². The first-order chi connectivity index (χ1) is 12.5. The Morgan fingerprint density at radius 2 is 1.59 bits per heavy atom. The number of hydrogen-bond acceptors (Lipinski definition) is 5. The number of primary amides is 1. The number of carbonyl (C=O) groups excluding carboxylic acids is 2. The highest BCUT2D eigenvalue weighted by Crippen LogP contribution is 2.22. The van der Waals surface area contributed by atoms with Crippen LogP contribution in [0.15, 0.2) is 48.5 Å². The molecule has 144 valence electrons. The van der Waals surface area contributed by atoms with Gasteiger partial charge in [-0.3, -0.25) is 9.59 Å². The fraction of sp³-hybridized carbons (Fsp3) is 0.263. The number of halogens is 1. The van der Waals surface area contributed by atoms with Gasteiger partial charge < -0.3 is 26.2 Å². The molecule has 0 radical (unpaired) electrons. The minimum Gasteiger partial charge on any atom is -0.457 e. The zero-order valence-corrected chi connectivity index (χ0v) is 15.4. The van der Waals surface area contributed by atoms with Gasteiger partial charge in [-0.1, -0.05) is 0 Å². The highest BCUT2D eigenvalue weighted by atomic mass is 35.5. The number of rotatable bonds is 6. The summed E-state index contributed by atoms with van der Waals surface area (Å²) in [6.45, 7) is 1.69. The van der Waals surface area contributed by atoms with Crippen LogP contribution in [0.2, 0.25) is 0 Å². The third-order valence-electron chi connectivity index (χ3n) is 4.32. The fourth-order valence-corrected chi connectivity index (χ4v) is 2.75. The average molecular weight is 392 g/mol. The summed E-state index contributed by atoms with van der Waals surface area (Å²) in [6, 6.07) is 13.2. The summed E-state index contributed by atoms with van der Waals surface area (Å²) >= 11 is 0. The second-order valence-electron chi connectivity index (χ2n) is 6.21. The molecule has 1 fully saturated rings. The molecular weight excluding hydrogens is 370 g/mol. The molecule has 0 bridgehead atoms. The Bertz CT molecular complexity index is 781. The van der Waals surface area contributed by atoms with Gasteiger partial charge in [-0.2, -0.15) is 0 Å². The van der Waals surface area contributed by atoms with Gasteiger partial charge in [0.2, 0.25) is 5.91 Å². The van der Waals surface area contributed by atoms with E-state index < -0.39 is 12.0 Å². The lowest BCUT2D eigenvalue weighted by atomic mass is 10.1. The Hall–Kier alpha value is -2.61. The van der Waals surface area contributed by atoms with E-state index in [4.69, 9.17) is 10.5 Å². The number of carbonyl (C=O) groups is 2. The molecule has 0 saturated carbocycles. The van der Waals surface area contributed by atoms with Crippen molar-refractivity contribution in [3.05, 3.63) is 59.7 Å². The van der Waals surface area contributed by atoms with E-state index >= 15 is 0 Å². The van der Waals surface area contributed by atoms with Crippen molar-refractivity contribution in [3.63, 3.8) is 0 Å². The number of aliphatic hydroxyl groups is 1. The van der Waals surface area contributed by atoms with Crippen molar-refractivity contribution < 1.29 is 19.4 Å². The van der Waals surface area contributed by atoms with Gasteiger partial charge in [0.05, 0.1) is 6.10 Å². The summed E-state index contributed by atoms with van der Waals surface area (Å²) in [7, 11) is 0. The van der Waals surface area contributed by atoms with Crippen LogP contribution >= 0.6 is 12.4 Å². The molecule has 2 aromatic rings. The molecule has 0 aliphatic carbocycles. The van der Waals surface area contributed by atoms with Crippen molar-refractivity contribution in [1.82, 2.24) is 10.6 Å². The summed E-state index contributed by atoms with van der Waals surface area (Å²) in [5.41, 5.74) is 6.12. The van der Waals surface area contributed by atoms with E-state index in [1.165, 1.54) is 0 Å². The highest BCUT2D eigenvalue weighted by molar-refractivity contribution is 5.94. The molecule has 0 spiro atoms. The topological polar surface area (TPSA) is 114 Å². The number of aliphatic hydroxyl groups excluding tert-OH is 1. The van der Waals surface area contributed by atoms with Crippen LogP contribution in [0.1, 0.15) is 20.7 Å². The Balaban J connectivity index is 0.00000261. The molecule has 2 aromatic carbocycles. The van der Waals surface area contributed by atoms with E-state index in [1.54, 1.807) is 48.5 Å². The molecular formula is C19H22ClN3O4. The molecule has 2 atom stereocenters. The Labute approximate surface area is 163 Å². The van der Waals surface area contributed by atoms with E-state index in [0.29, 0.717) is 42.3 Å². The summed E-state index contributed by atoms with van der Waals surface area (Å²) in [4.78, 5) is 23.2. The molecule has 2 amide bonds. The second-order valence-corrected chi connectivity index (χ2v) is 6.21. The highest BCUT2D eigenvalue weighted by Gasteiger charge is 2.25. The van der Waals surface area contributed by atoms with Crippen molar-refractivity contribution in [2.75, 3.05) is 19.6 Å². The number of benzene rings is 2. The quantitative estimate of drug-likeness (QED) is 0.593. The zero-order valence-electron chi connectivity index (χ0n) is 14.6. The third-order valence-corrected chi connectivity index (χ3v) is 4.32. The molecule has 8 heteroatoms. The van der Waals surface area contributed by atoms with Gasteiger partial charge in [0.1, 0.15) is 11.5 Å². The van der Waals surface area contributed by atoms with Gasteiger partial charge in [0, 0.05) is 36.7 Å². The average Bonchev–Trinajstić information content (AvgIpc) is 3.06. The van der Waals surface area contributed by atoms with E-state index in [0.717, 1.165) is 0 Å². The van der Waals surface area contributed by atoms with Crippen LogP contribution in [0.3, 0.4) is 0 Å². The first-order valence-electron chi connectivity index (χ1n) is 8.37. The summed E-state index contributed by atoms with van der Waals surface area (Å²) in [5.74, 6) is 0.484. The van der Waals surface area contributed by atoms with Crippen LogP contribution in [0.4, 0.5) is 0 Å². The maximum absolute atomic E-state index is 12.2. The first kappa shape index (κ1) is 20.7. The fourth-order valence-electron chi connectivity index (χ4n) is 2.75. The standard InChI is InChI=1S/C19H21N3O4.ClH/c20-18(24)12-1-5-15(6-2-12)26-16-7-3-13(4-8-16)19(25)22-10-14-9-21-11-17(14)23;/h1-8,14,17,21,23H,9-11H2,(H2,20,24)(H,22,25);1H. The molecule has 1 heterocycles. The number of nitrogens with two attached hydrogens (primary N) is 1. The van der Waals surface area contributed by atoms with E-state index in [9.17, 15) is 14.7 Å². The van der Waals surface area contributed by atoms with Crippen LogP contribution in [0.25, 0.3) is 0 Å². The molecule has 1 aliphatic heterocycles. The minimum atomic E-state index is -0.493.